The number of aliphatic hydroxyl groups is 1. The topological polar surface area (TPSA) is 36.0 Å². The minimum atomic E-state index is -0.757. The number of hydrogen-bond donors (Lipinski definition) is 2. The van der Waals surface area contributed by atoms with E-state index < -0.39 is 6.10 Å². The predicted octanol–water partition coefficient (Wildman–Crippen LogP) is 5.72. The molecule has 112 valence electrons. The van der Waals surface area contributed by atoms with Crippen LogP contribution < -0.4 is 0 Å². The monoisotopic (exact) mass is 351 g/mol. The van der Waals surface area contributed by atoms with Gasteiger partial charge in [-0.2, -0.15) is 0 Å². The molecule has 0 aliphatic rings. The van der Waals surface area contributed by atoms with Crippen molar-refractivity contribution in [2.24, 2.45) is 0 Å². The summed E-state index contributed by atoms with van der Waals surface area (Å²) in [6, 6.07) is 12.5. The molecule has 3 rings (SSSR count). The maximum atomic E-state index is 10.6. The third-order valence-corrected chi connectivity index (χ3v) is 4.48. The van der Waals surface area contributed by atoms with Crippen molar-refractivity contribution in [2.75, 3.05) is 0 Å². The average molecular weight is 353 g/mol. The smallest absolute Gasteiger partial charge is 0.106 e. The second-order valence-corrected chi connectivity index (χ2v) is 6.16. The first-order valence-corrected chi connectivity index (χ1v) is 7.75. The highest BCUT2D eigenvalue weighted by Gasteiger charge is 2.17. The van der Waals surface area contributed by atoms with Crippen LogP contribution in [-0.2, 0) is 0 Å². The Morgan fingerprint density at radius 2 is 1.59 bits per heavy atom. The molecule has 22 heavy (non-hydrogen) atoms. The number of hydrogen-bond acceptors (Lipinski definition) is 1. The van der Waals surface area contributed by atoms with Gasteiger partial charge in [0.15, 0.2) is 0 Å². The van der Waals surface area contributed by atoms with Crippen LogP contribution in [-0.4, -0.2) is 10.1 Å². The Hall–Kier alpha value is -1.45. The average Bonchev–Trinajstić information content (AvgIpc) is 2.99. The maximum absolute atomic E-state index is 10.6. The molecule has 0 aliphatic carbocycles. The Bertz CT molecular complexity index is 796. The van der Waals surface area contributed by atoms with Crippen molar-refractivity contribution in [2.45, 2.75) is 6.10 Å². The minimum Gasteiger partial charge on any atom is -0.384 e. The molecule has 0 saturated carbocycles. The molecular weight excluding hydrogens is 341 g/mol. The highest BCUT2D eigenvalue weighted by molar-refractivity contribution is 6.42. The van der Waals surface area contributed by atoms with Crippen LogP contribution in [0.15, 0.2) is 54.9 Å². The Labute approximate surface area is 143 Å². The van der Waals surface area contributed by atoms with Gasteiger partial charge in [0, 0.05) is 28.5 Å². The van der Waals surface area contributed by atoms with Crippen LogP contribution in [0.2, 0.25) is 15.1 Å². The van der Waals surface area contributed by atoms with E-state index in [2.05, 4.69) is 4.98 Å². The van der Waals surface area contributed by atoms with Crippen LogP contribution >= 0.6 is 34.8 Å². The molecular formula is C17H12Cl3NO. The zero-order valence-electron chi connectivity index (χ0n) is 11.4. The second-order valence-electron chi connectivity index (χ2n) is 4.91. The fourth-order valence-corrected chi connectivity index (χ4v) is 2.76. The predicted molar refractivity (Wildman–Crippen MR) is 91.8 cm³/mol. The van der Waals surface area contributed by atoms with E-state index in [1.165, 1.54) is 0 Å². The molecule has 3 aromatic rings. The Morgan fingerprint density at radius 3 is 2.27 bits per heavy atom. The largest absolute Gasteiger partial charge is 0.384 e. The Balaban J connectivity index is 2.01. The molecule has 2 N–H and O–H groups in total. The third-order valence-electron chi connectivity index (χ3n) is 3.49. The molecule has 1 heterocycles. The summed E-state index contributed by atoms with van der Waals surface area (Å²) >= 11 is 17.9. The lowest BCUT2D eigenvalue weighted by molar-refractivity contribution is 0.221. The number of aromatic nitrogens is 1. The number of halogens is 3. The molecule has 0 aliphatic heterocycles. The zero-order valence-corrected chi connectivity index (χ0v) is 13.6. The van der Waals surface area contributed by atoms with E-state index in [0.717, 1.165) is 22.3 Å². The maximum Gasteiger partial charge on any atom is 0.106 e. The number of nitrogens with one attached hydrogen (secondary N) is 1. The SMILES string of the molecule is OC(c1ccc(Cl)cc1)c1c[nH]cc1-c1ccc(Cl)c(Cl)c1. The summed E-state index contributed by atoms with van der Waals surface area (Å²) in [5.74, 6) is 0. The first kappa shape index (κ1) is 15.4. The van der Waals surface area contributed by atoms with Crippen molar-refractivity contribution in [3.8, 4) is 11.1 Å². The van der Waals surface area contributed by atoms with Crippen molar-refractivity contribution in [1.29, 1.82) is 0 Å². The number of benzene rings is 2. The van der Waals surface area contributed by atoms with Crippen molar-refractivity contribution in [3.05, 3.63) is 81.1 Å². The van der Waals surface area contributed by atoms with Crippen LogP contribution in [0.5, 0.6) is 0 Å². The van der Waals surface area contributed by atoms with Gasteiger partial charge in [0.1, 0.15) is 6.10 Å². The van der Waals surface area contributed by atoms with Gasteiger partial charge in [0.25, 0.3) is 0 Å². The van der Waals surface area contributed by atoms with E-state index in [1.807, 2.05) is 12.3 Å². The van der Waals surface area contributed by atoms with Crippen LogP contribution in [0, 0.1) is 0 Å². The van der Waals surface area contributed by atoms with Gasteiger partial charge in [-0.25, -0.2) is 0 Å². The van der Waals surface area contributed by atoms with Crippen LogP contribution in [0.1, 0.15) is 17.2 Å². The van der Waals surface area contributed by atoms with Gasteiger partial charge < -0.3 is 10.1 Å². The highest BCUT2D eigenvalue weighted by Crippen LogP contribution is 2.34. The molecule has 0 spiro atoms. The number of H-pyrrole nitrogens is 1. The summed E-state index contributed by atoms with van der Waals surface area (Å²) in [5, 5.41) is 12.2. The number of aromatic amines is 1. The molecule has 1 unspecified atom stereocenters. The molecule has 5 heteroatoms. The van der Waals surface area contributed by atoms with Gasteiger partial charge in [0.05, 0.1) is 10.0 Å². The van der Waals surface area contributed by atoms with Crippen molar-refractivity contribution in [1.82, 2.24) is 4.98 Å². The summed E-state index contributed by atoms with van der Waals surface area (Å²) in [6.07, 6.45) is 2.85. The number of rotatable bonds is 3. The van der Waals surface area contributed by atoms with E-state index in [-0.39, 0.29) is 0 Å². The van der Waals surface area contributed by atoms with Gasteiger partial charge in [-0.15, -0.1) is 0 Å². The van der Waals surface area contributed by atoms with Gasteiger partial charge in [-0.1, -0.05) is 53.0 Å². The fraction of sp³-hybridized carbons (Fsp3) is 0.0588. The van der Waals surface area contributed by atoms with Gasteiger partial charge >= 0.3 is 0 Å². The van der Waals surface area contributed by atoms with E-state index in [0.29, 0.717) is 15.1 Å². The molecule has 2 aromatic carbocycles. The normalized spacial score (nSPS) is 12.4. The quantitative estimate of drug-likeness (QED) is 0.621. The van der Waals surface area contributed by atoms with E-state index >= 15 is 0 Å². The molecule has 0 amide bonds. The van der Waals surface area contributed by atoms with E-state index in [9.17, 15) is 5.11 Å². The van der Waals surface area contributed by atoms with Crippen molar-refractivity contribution < 1.29 is 5.11 Å². The molecule has 0 bridgehead atoms. The Morgan fingerprint density at radius 1 is 0.864 bits per heavy atom. The fourth-order valence-electron chi connectivity index (χ4n) is 2.34. The summed E-state index contributed by atoms with van der Waals surface area (Å²) in [6.45, 7) is 0. The molecule has 2 nitrogen and oxygen atoms in total. The summed E-state index contributed by atoms with van der Waals surface area (Å²) in [5.41, 5.74) is 3.30. The summed E-state index contributed by atoms with van der Waals surface area (Å²) in [4.78, 5) is 3.03. The van der Waals surface area contributed by atoms with Crippen LogP contribution in [0.3, 0.4) is 0 Å². The molecule has 0 radical (unpaired) electrons. The van der Waals surface area contributed by atoms with Gasteiger partial charge in [-0.3, -0.25) is 0 Å². The number of aliphatic hydroxyl groups excluding tert-OH is 1. The van der Waals surface area contributed by atoms with E-state index in [1.54, 1.807) is 42.6 Å². The lowest BCUT2D eigenvalue weighted by Crippen LogP contribution is -1.99. The lowest BCUT2D eigenvalue weighted by atomic mass is 9.97. The minimum absolute atomic E-state index is 0.479. The zero-order chi connectivity index (χ0) is 15.7. The van der Waals surface area contributed by atoms with Gasteiger partial charge in [-0.05, 0) is 35.4 Å². The Kier molecular flexibility index (Phi) is 4.46. The van der Waals surface area contributed by atoms with Gasteiger partial charge in [0.2, 0.25) is 0 Å². The molecule has 0 saturated heterocycles. The molecule has 0 fully saturated rings. The van der Waals surface area contributed by atoms with Crippen LogP contribution in [0.25, 0.3) is 11.1 Å². The summed E-state index contributed by atoms with van der Waals surface area (Å²) in [7, 11) is 0. The van der Waals surface area contributed by atoms with Crippen molar-refractivity contribution >= 4 is 34.8 Å². The second kappa shape index (κ2) is 6.35. The van der Waals surface area contributed by atoms with E-state index in [4.69, 9.17) is 34.8 Å². The first-order valence-electron chi connectivity index (χ1n) is 6.62. The molecule has 1 aromatic heterocycles. The first-order chi connectivity index (χ1) is 10.6. The lowest BCUT2D eigenvalue weighted by Gasteiger charge is -2.13. The summed E-state index contributed by atoms with van der Waals surface area (Å²) < 4.78 is 0. The van der Waals surface area contributed by atoms with Crippen LogP contribution in [0.4, 0.5) is 0 Å². The highest BCUT2D eigenvalue weighted by atomic mass is 35.5. The molecule has 1 atom stereocenters. The van der Waals surface area contributed by atoms with Crippen molar-refractivity contribution in [3.63, 3.8) is 0 Å². The third kappa shape index (κ3) is 3.01. The standard InChI is InChI=1S/C17H12Cl3NO/c18-12-4-1-10(2-5-12)17(22)14-9-21-8-13(14)11-3-6-15(19)16(20)7-11/h1-9,17,21-22H.